The zero-order valence-corrected chi connectivity index (χ0v) is 11.3. The van der Waals surface area contributed by atoms with E-state index < -0.39 is 0 Å². The number of hydrogen-bond donors (Lipinski definition) is 2. The maximum absolute atomic E-state index is 11.7. The first-order valence-electron chi connectivity index (χ1n) is 6.14. The number of nitrogens with two attached hydrogens (primary N) is 1. The van der Waals surface area contributed by atoms with Crippen LogP contribution >= 0.6 is 11.6 Å². The van der Waals surface area contributed by atoms with Crippen LogP contribution in [0.4, 0.5) is 11.4 Å². The molecule has 0 bridgehead atoms. The zero-order chi connectivity index (χ0) is 14.1. The van der Waals surface area contributed by atoms with E-state index in [1.165, 1.54) is 0 Å². The van der Waals surface area contributed by atoms with E-state index in [9.17, 15) is 4.79 Å². The molecule has 1 heterocycles. The summed E-state index contributed by atoms with van der Waals surface area (Å²) >= 11 is 6.24. The minimum atomic E-state index is -0.155. The smallest absolute Gasteiger partial charge is 0.246 e. The number of rotatable bonds is 1. The van der Waals surface area contributed by atoms with E-state index in [2.05, 4.69) is 10.3 Å². The normalized spacial score (nSPS) is 14.1. The van der Waals surface area contributed by atoms with Crippen molar-refractivity contribution in [3.63, 3.8) is 0 Å². The average Bonchev–Trinajstić information content (AvgIpc) is 2.58. The van der Waals surface area contributed by atoms with Crippen LogP contribution in [0, 0.1) is 0 Å². The third-order valence-corrected chi connectivity index (χ3v) is 3.41. The number of fused-ring (bicyclic) bond motifs is 1. The first-order chi connectivity index (χ1) is 9.65. The molecule has 3 rings (SSSR count). The van der Waals surface area contributed by atoms with E-state index in [4.69, 9.17) is 17.3 Å². The molecule has 0 radical (unpaired) electrons. The number of carbonyl (C=O) groups excluding carboxylic acids is 1. The standard InChI is InChI=1S/C15H12ClN3O/c16-12-4-2-1-3-10(12)15-11-7-9(17)5-6-13(11)19-14(20)8-18-15/h1-7H,8,17H2,(H,19,20). The quantitative estimate of drug-likeness (QED) is 0.791. The molecule has 100 valence electrons. The summed E-state index contributed by atoms with van der Waals surface area (Å²) in [5.41, 5.74) is 9.40. The summed E-state index contributed by atoms with van der Waals surface area (Å²) in [6.07, 6.45) is 0. The number of carbonyl (C=O) groups is 1. The number of nitrogens with zero attached hydrogens (tertiary/aromatic N) is 1. The minimum absolute atomic E-state index is 0.0646. The number of halogens is 1. The van der Waals surface area contributed by atoms with Crippen molar-refractivity contribution in [2.45, 2.75) is 0 Å². The summed E-state index contributed by atoms with van der Waals surface area (Å²) in [5, 5.41) is 3.41. The van der Waals surface area contributed by atoms with Crippen LogP contribution in [0.25, 0.3) is 0 Å². The highest BCUT2D eigenvalue weighted by atomic mass is 35.5. The molecule has 3 N–H and O–H groups in total. The van der Waals surface area contributed by atoms with Gasteiger partial charge < -0.3 is 11.1 Å². The van der Waals surface area contributed by atoms with Gasteiger partial charge in [0.05, 0.1) is 11.4 Å². The summed E-state index contributed by atoms with van der Waals surface area (Å²) in [4.78, 5) is 16.1. The maximum atomic E-state index is 11.7. The average molecular weight is 286 g/mol. The highest BCUT2D eigenvalue weighted by Gasteiger charge is 2.19. The highest BCUT2D eigenvalue weighted by Crippen LogP contribution is 2.27. The van der Waals surface area contributed by atoms with Gasteiger partial charge in [0.15, 0.2) is 0 Å². The number of benzodiazepines with no additional fused rings is 1. The summed E-state index contributed by atoms with van der Waals surface area (Å²) in [7, 11) is 0. The Morgan fingerprint density at radius 3 is 2.75 bits per heavy atom. The van der Waals surface area contributed by atoms with Crippen LogP contribution in [-0.4, -0.2) is 18.2 Å². The lowest BCUT2D eigenvalue weighted by Crippen LogP contribution is -2.13. The summed E-state index contributed by atoms with van der Waals surface area (Å²) in [6.45, 7) is 0.0646. The van der Waals surface area contributed by atoms with Gasteiger partial charge in [0, 0.05) is 21.8 Å². The van der Waals surface area contributed by atoms with Gasteiger partial charge in [-0.05, 0) is 24.3 Å². The number of anilines is 2. The van der Waals surface area contributed by atoms with Crippen molar-refractivity contribution in [3.8, 4) is 0 Å². The molecule has 0 atom stereocenters. The van der Waals surface area contributed by atoms with Gasteiger partial charge in [0.1, 0.15) is 6.54 Å². The number of nitrogen functional groups attached to an aromatic ring is 1. The van der Waals surface area contributed by atoms with Crippen molar-refractivity contribution in [2.75, 3.05) is 17.6 Å². The van der Waals surface area contributed by atoms with Crippen LogP contribution in [0.2, 0.25) is 5.02 Å². The Hall–Kier alpha value is -2.33. The Balaban J connectivity index is 2.23. The van der Waals surface area contributed by atoms with Gasteiger partial charge in [0.25, 0.3) is 0 Å². The fourth-order valence-electron chi connectivity index (χ4n) is 2.18. The van der Waals surface area contributed by atoms with Crippen molar-refractivity contribution in [3.05, 3.63) is 58.6 Å². The minimum Gasteiger partial charge on any atom is -0.399 e. The van der Waals surface area contributed by atoms with Crippen molar-refractivity contribution in [2.24, 2.45) is 4.99 Å². The third-order valence-electron chi connectivity index (χ3n) is 3.08. The molecule has 0 spiro atoms. The summed E-state index contributed by atoms with van der Waals surface area (Å²) in [5.74, 6) is -0.155. The molecule has 0 saturated heterocycles. The lowest BCUT2D eigenvalue weighted by atomic mass is 10.00. The molecule has 0 aromatic heterocycles. The molecule has 1 amide bonds. The van der Waals surface area contributed by atoms with E-state index in [0.717, 1.165) is 11.1 Å². The molecule has 20 heavy (non-hydrogen) atoms. The second-order valence-electron chi connectivity index (χ2n) is 4.50. The van der Waals surface area contributed by atoms with Gasteiger partial charge in [0.2, 0.25) is 5.91 Å². The van der Waals surface area contributed by atoms with Gasteiger partial charge >= 0.3 is 0 Å². The predicted octanol–water partition coefficient (Wildman–Crippen LogP) is 2.71. The Morgan fingerprint density at radius 1 is 1.15 bits per heavy atom. The van der Waals surface area contributed by atoms with E-state index in [1.807, 2.05) is 18.2 Å². The fraction of sp³-hybridized carbons (Fsp3) is 0.0667. The maximum Gasteiger partial charge on any atom is 0.246 e. The molecule has 0 saturated carbocycles. The molecule has 4 nitrogen and oxygen atoms in total. The lowest BCUT2D eigenvalue weighted by molar-refractivity contribution is -0.114. The number of aliphatic imine (C=N–C) groups is 1. The Labute approximate surface area is 121 Å². The first kappa shape index (κ1) is 12.7. The Kier molecular flexibility index (Phi) is 3.16. The second kappa shape index (κ2) is 4.98. The number of nitrogens with one attached hydrogen (secondary N) is 1. The third kappa shape index (κ3) is 2.26. The SMILES string of the molecule is Nc1ccc2c(c1)C(c1ccccc1Cl)=NCC(=O)N2. The largest absolute Gasteiger partial charge is 0.399 e. The summed E-state index contributed by atoms with van der Waals surface area (Å²) in [6, 6.07) is 12.7. The number of benzene rings is 2. The highest BCUT2D eigenvalue weighted by molar-refractivity contribution is 6.36. The van der Waals surface area contributed by atoms with Crippen molar-refractivity contribution in [1.29, 1.82) is 0 Å². The molecule has 2 aromatic carbocycles. The van der Waals surface area contributed by atoms with Crippen LogP contribution < -0.4 is 11.1 Å². The molecule has 5 heteroatoms. The molecule has 0 aliphatic carbocycles. The van der Waals surface area contributed by atoms with Crippen LogP contribution in [0.5, 0.6) is 0 Å². The van der Waals surface area contributed by atoms with Crippen LogP contribution in [0.3, 0.4) is 0 Å². The first-order valence-corrected chi connectivity index (χ1v) is 6.52. The Bertz CT molecular complexity index is 725. The molecular formula is C15H12ClN3O. The van der Waals surface area contributed by atoms with Crippen LogP contribution in [0.15, 0.2) is 47.5 Å². The van der Waals surface area contributed by atoms with Gasteiger partial charge in [-0.2, -0.15) is 0 Å². The molecular weight excluding hydrogens is 274 g/mol. The molecule has 0 fully saturated rings. The zero-order valence-electron chi connectivity index (χ0n) is 10.6. The van der Waals surface area contributed by atoms with Crippen molar-refractivity contribution >= 4 is 34.6 Å². The number of hydrogen-bond acceptors (Lipinski definition) is 3. The van der Waals surface area contributed by atoms with Gasteiger partial charge in [-0.15, -0.1) is 0 Å². The molecule has 1 aliphatic rings. The van der Waals surface area contributed by atoms with E-state index >= 15 is 0 Å². The van der Waals surface area contributed by atoms with Gasteiger partial charge in [-0.3, -0.25) is 9.79 Å². The van der Waals surface area contributed by atoms with Crippen LogP contribution in [-0.2, 0) is 4.79 Å². The molecule has 2 aromatic rings. The monoisotopic (exact) mass is 285 g/mol. The van der Waals surface area contributed by atoms with Crippen LogP contribution in [0.1, 0.15) is 11.1 Å². The summed E-state index contributed by atoms with van der Waals surface area (Å²) < 4.78 is 0. The fourth-order valence-corrected chi connectivity index (χ4v) is 2.40. The van der Waals surface area contributed by atoms with Crippen molar-refractivity contribution in [1.82, 2.24) is 0 Å². The topological polar surface area (TPSA) is 67.5 Å². The Morgan fingerprint density at radius 2 is 1.95 bits per heavy atom. The predicted molar refractivity (Wildman–Crippen MR) is 81.4 cm³/mol. The van der Waals surface area contributed by atoms with E-state index in [1.54, 1.807) is 24.3 Å². The second-order valence-corrected chi connectivity index (χ2v) is 4.91. The van der Waals surface area contributed by atoms with Gasteiger partial charge in [-0.25, -0.2) is 0 Å². The van der Waals surface area contributed by atoms with Gasteiger partial charge in [-0.1, -0.05) is 29.8 Å². The van der Waals surface area contributed by atoms with Crippen molar-refractivity contribution < 1.29 is 4.79 Å². The van der Waals surface area contributed by atoms with E-state index in [-0.39, 0.29) is 12.5 Å². The molecule has 1 aliphatic heterocycles. The van der Waals surface area contributed by atoms with E-state index in [0.29, 0.717) is 22.1 Å². The number of amides is 1. The molecule has 0 unspecified atom stereocenters. The lowest BCUT2D eigenvalue weighted by Gasteiger charge is -2.11.